The third-order valence-corrected chi connectivity index (χ3v) is 3.41. The Balaban J connectivity index is 1.95. The summed E-state index contributed by atoms with van der Waals surface area (Å²) in [7, 11) is 1.96. The monoisotopic (exact) mass is 293 g/mol. The average molecular weight is 294 g/mol. The normalized spacial score (nSPS) is 12.6. The molecule has 0 saturated heterocycles. The molecule has 17 heavy (non-hydrogen) atoms. The van der Waals surface area contributed by atoms with Crippen molar-refractivity contribution in [2.45, 2.75) is 19.5 Å². The van der Waals surface area contributed by atoms with Crippen LogP contribution in [0.5, 0.6) is 0 Å². The van der Waals surface area contributed by atoms with Gasteiger partial charge < -0.3 is 5.32 Å². The van der Waals surface area contributed by atoms with Crippen molar-refractivity contribution in [2.24, 2.45) is 7.05 Å². The molecule has 1 N–H and O–H groups in total. The summed E-state index contributed by atoms with van der Waals surface area (Å²) in [6.07, 6.45) is 1.82. The Kier molecular flexibility index (Phi) is 3.97. The summed E-state index contributed by atoms with van der Waals surface area (Å²) in [6.45, 7) is 2.99. The fourth-order valence-electron chi connectivity index (χ4n) is 1.70. The van der Waals surface area contributed by atoms with Crippen molar-refractivity contribution in [1.82, 2.24) is 15.1 Å². The van der Waals surface area contributed by atoms with Crippen LogP contribution in [-0.2, 0) is 13.6 Å². The van der Waals surface area contributed by atoms with Crippen molar-refractivity contribution >= 4 is 15.9 Å². The van der Waals surface area contributed by atoms with E-state index in [9.17, 15) is 0 Å². The molecule has 0 amide bonds. The summed E-state index contributed by atoms with van der Waals surface area (Å²) in [5.41, 5.74) is 2.48. The van der Waals surface area contributed by atoms with Gasteiger partial charge >= 0.3 is 0 Å². The predicted octanol–water partition coefficient (Wildman–Crippen LogP) is 3.03. The van der Waals surface area contributed by atoms with Gasteiger partial charge in [0.2, 0.25) is 0 Å². The van der Waals surface area contributed by atoms with Gasteiger partial charge in [-0.25, -0.2) is 0 Å². The highest BCUT2D eigenvalue weighted by Crippen LogP contribution is 2.16. The highest BCUT2D eigenvalue weighted by atomic mass is 79.9. The topological polar surface area (TPSA) is 29.9 Å². The molecule has 4 heteroatoms. The molecule has 0 aliphatic rings. The van der Waals surface area contributed by atoms with Crippen molar-refractivity contribution in [3.05, 3.63) is 52.3 Å². The Morgan fingerprint density at radius 3 is 2.59 bits per heavy atom. The van der Waals surface area contributed by atoms with Gasteiger partial charge in [0, 0.05) is 30.3 Å². The number of nitrogens with zero attached hydrogens (tertiary/aromatic N) is 2. The van der Waals surface area contributed by atoms with E-state index in [0.717, 1.165) is 11.0 Å². The van der Waals surface area contributed by atoms with Crippen LogP contribution in [0.15, 0.2) is 41.0 Å². The number of aryl methyl sites for hydroxylation is 1. The molecule has 2 aromatic rings. The van der Waals surface area contributed by atoms with Crippen LogP contribution in [0.3, 0.4) is 0 Å². The van der Waals surface area contributed by atoms with Crippen LogP contribution in [-0.4, -0.2) is 9.78 Å². The summed E-state index contributed by atoms with van der Waals surface area (Å²) in [6, 6.07) is 10.8. The van der Waals surface area contributed by atoms with E-state index in [1.807, 2.05) is 24.0 Å². The van der Waals surface area contributed by atoms with E-state index >= 15 is 0 Å². The molecule has 1 atom stereocenters. The Hall–Kier alpha value is -1.13. The van der Waals surface area contributed by atoms with Crippen molar-refractivity contribution in [2.75, 3.05) is 0 Å². The van der Waals surface area contributed by atoms with Gasteiger partial charge in [0.1, 0.15) is 0 Å². The minimum Gasteiger partial charge on any atom is -0.305 e. The molecule has 90 valence electrons. The molecule has 0 aliphatic carbocycles. The van der Waals surface area contributed by atoms with E-state index in [-0.39, 0.29) is 0 Å². The van der Waals surface area contributed by atoms with Gasteiger partial charge in [-0.3, -0.25) is 4.68 Å². The number of benzene rings is 1. The predicted molar refractivity (Wildman–Crippen MR) is 72.6 cm³/mol. The first kappa shape index (κ1) is 12.3. The van der Waals surface area contributed by atoms with E-state index in [2.05, 4.69) is 57.5 Å². The van der Waals surface area contributed by atoms with E-state index in [0.29, 0.717) is 6.04 Å². The second-order valence-electron chi connectivity index (χ2n) is 4.10. The smallest absolute Gasteiger partial charge is 0.0518 e. The van der Waals surface area contributed by atoms with Crippen LogP contribution in [0.2, 0.25) is 0 Å². The summed E-state index contributed by atoms with van der Waals surface area (Å²) in [4.78, 5) is 0. The lowest BCUT2D eigenvalue weighted by atomic mass is 10.1. The molecule has 0 saturated carbocycles. The minimum absolute atomic E-state index is 0.331. The van der Waals surface area contributed by atoms with Crippen molar-refractivity contribution in [3.63, 3.8) is 0 Å². The van der Waals surface area contributed by atoms with Gasteiger partial charge in [-0.1, -0.05) is 28.1 Å². The lowest BCUT2D eigenvalue weighted by molar-refractivity contribution is 0.548. The highest BCUT2D eigenvalue weighted by Gasteiger charge is 2.05. The molecule has 0 aliphatic heterocycles. The van der Waals surface area contributed by atoms with Crippen LogP contribution >= 0.6 is 15.9 Å². The summed E-state index contributed by atoms with van der Waals surface area (Å²) in [5.74, 6) is 0. The number of nitrogens with one attached hydrogen (secondary N) is 1. The average Bonchev–Trinajstić information content (AvgIpc) is 2.73. The first-order valence-corrected chi connectivity index (χ1v) is 6.42. The van der Waals surface area contributed by atoms with Gasteiger partial charge in [0.15, 0.2) is 0 Å². The third kappa shape index (κ3) is 3.17. The Morgan fingerprint density at radius 2 is 2.00 bits per heavy atom. The molecule has 0 unspecified atom stereocenters. The summed E-state index contributed by atoms with van der Waals surface area (Å²) in [5, 5.41) is 7.63. The van der Waals surface area contributed by atoms with Gasteiger partial charge in [-0.2, -0.15) is 5.10 Å². The number of hydrogen-bond donors (Lipinski definition) is 1. The second-order valence-corrected chi connectivity index (χ2v) is 5.02. The maximum atomic E-state index is 4.15. The zero-order chi connectivity index (χ0) is 12.3. The first-order valence-electron chi connectivity index (χ1n) is 5.62. The molecule has 0 bridgehead atoms. The largest absolute Gasteiger partial charge is 0.305 e. The van der Waals surface area contributed by atoms with E-state index in [1.54, 1.807) is 0 Å². The molecule has 0 fully saturated rings. The fourth-order valence-corrected chi connectivity index (χ4v) is 1.97. The fraction of sp³-hybridized carbons (Fsp3) is 0.308. The standard InChI is InChI=1S/C13H16BrN3/c1-10(11-3-5-12(14)6-4-11)15-9-13-7-8-16-17(13)2/h3-8,10,15H,9H2,1-2H3/t10-/m0/s1. The van der Waals surface area contributed by atoms with Crippen LogP contribution < -0.4 is 5.32 Å². The van der Waals surface area contributed by atoms with E-state index < -0.39 is 0 Å². The molecule has 0 spiro atoms. The molecule has 1 heterocycles. The van der Waals surface area contributed by atoms with Crippen LogP contribution in [0.25, 0.3) is 0 Å². The van der Waals surface area contributed by atoms with Gasteiger partial charge in [0.25, 0.3) is 0 Å². The highest BCUT2D eigenvalue weighted by molar-refractivity contribution is 9.10. The van der Waals surface area contributed by atoms with Gasteiger partial charge in [0.05, 0.1) is 5.69 Å². The van der Waals surface area contributed by atoms with E-state index in [4.69, 9.17) is 0 Å². The van der Waals surface area contributed by atoms with E-state index in [1.165, 1.54) is 11.3 Å². The molecule has 1 aromatic carbocycles. The maximum absolute atomic E-state index is 4.15. The Bertz CT molecular complexity index is 476. The zero-order valence-corrected chi connectivity index (χ0v) is 11.6. The second kappa shape index (κ2) is 5.47. The van der Waals surface area contributed by atoms with Crippen LogP contribution in [0.1, 0.15) is 24.2 Å². The molecular formula is C13H16BrN3. The van der Waals surface area contributed by atoms with Crippen molar-refractivity contribution < 1.29 is 0 Å². The molecular weight excluding hydrogens is 278 g/mol. The molecule has 0 radical (unpaired) electrons. The van der Waals surface area contributed by atoms with Crippen molar-refractivity contribution in [1.29, 1.82) is 0 Å². The lowest BCUT2D eigenvalue weighted by Crippen LogP contribution is -2.19. The van der Waals surface area contributed by atoms with Gasteiger partial charge in [-0.15, -0.1) is 0 Å². The number of halogens is 1. The summed E-state index contributed by atoms with van der Waals surface area (Å²) < 4.78 is 3.00. The molecule has 2 rings (SSSR count). The van der Waals surface area contributed by atoms with Crippen LogP contribution in [0, 0.1) is 0 Å². The Labute approximate surface area is 110 Å². The first-order chi connectivity index (χ1) is 8.16. The van der Waals surface area contributed by atoms with Crippen molar-refractivity contribution in [3.8, 4) is 0 Å². The minimum atomic E-state index is 0.331. The molecule has 1 aromatic heterocycles. The molecule has 3 nitrogen and oxygen atoms in total. The number of aromatic nitrogens is 2. The SMILES string of the molecule is C[C@H](NCc1ccnn1C)c1ccc(Br)cc1. The third-order valence-electron chi connectivity index (χ3n) is 2.88. The quantitative estimate of drug-likeness (QED) is 0.939. The van der Waals surface area contributed by atoms with Gasteiger partial charge in [-0.05, 0) is 30.7 Å². The zero-order valence-electron chi connectivity index (χ0n) is 10.0. The lowest BCUT2D eigenvalue weighted by Gasteiger charge is -2.14. The Morgan fingerprint density at radius 1 is 1.29 bits per heavy atom. The maximum Gasteiger partial charge on any atom is 0.0518 e. The van der Waals surface area contributed by atoms with Crippen LogP contribution in [0.4, 0.5) is 0 Å². The number of hydrogen-bond acceptors (Lipinski definition) is 2. The number of rotatable bonds is 4. The summed E-state index contributed by atoms with van der Waals surface area (Å²) >= 11 is 3.44.